The van der Waals surface area contributed by atoms with Crippen molar-refractivity contribution in [2.45, 2.75) is 19.3 Å². The van der Waals surface area contributed by atoms with Crippen molar-refractivity contribution in [3.63, 3.8) is 0 Å². The minimum atomic E-state index is -0.125. The van der Waals surface area contributed by atoms with Gasteiger partial charge in [0.2, 0.25) is 5.91 Å². The molecule has 6 nitrogen and oxygen atoms in total. The lowest BCUT2D eigenvalue weighted by atomic mass is 9.94. The molecule has 1 aliphatic heterocycles. The summed E-state index contributed by atoms with van der Waals surface area (Å²) in [5, 5.41) is 7.62. The van der Waals surface area contributed by atoms with Crippen molar-refractivity contribution in [2.75, 3.05) is 23.3 Å². The summed E-state index contributed by atoms with van der Waals surface area (Å²) < 4.78 is 1.31. The van der Waals surface area contributed by atoms with Crippen LogP contribution in [0.25, 0.3) is 0 Å². The number of piperidine rings is 1. The van der Waals surface area contributed by atoms with Crippen LogP contribution in [-0.4, -0.2) is 28.8 Å². The predicted molar refractivity (Wildman–Crippen MR) is 99.1 cm³/mol. The molecule has 7 heteroatoms. The van der Waals surface area contributed by atoms with Gasteiger partial charge in [-0.3, -0.25) is 9.59 Å². The van der Waals surface area contributed by atoms with Crippen molar-refractivity contribution in [1.29, 1.82) is 0 Å². The fourth-order valence-electron chi connectivity index (χ4n) is 3.11. The Labute approximate surface area is 151 Å². The van der Waals surface area contributed by atoms with Crippen LogP contribution in [0.2, 0.25) is 5.02 Å². The molecule has 0 radical (unpaired) electrons. The van der Waals surface area contributed by atoms with Gasteiger partial charge in [0.15, 0.2) is 0 Å². The van der Waals surface area contributed by atoms with Crippen LogP contribution in [0, 0.1) is 5.92 Å². The van der Waals surface area contributed by atoms with Crippen molar-refractivity contribution < 1.29 is 4.79 Å². The van der Waals surface area contributed by atoms with Crippen molar-refractivity contribution in [3.05, 3.63) is 51.9 Å². The van der Waals surface area contributed by atoms with E-state index in [9.17, 15) is 9.59 Å². The summed E-state index contributed by atoms with van der Waals surface area (Å²) in [5.74, 6) is 0.251. The normalized spacial score (nSPS) is 17.4. The number of nitrogens with one attached hydrogen (secondary N) is 1. The first-order valence-electron chi connectivity index (χ1n) is 8.35. The maximum atomic E-state index is 12.3. The van der Waals surface area contributed by atoms with Gasteiger partial charge in [-0.2, -0.15) is 5.10 Å². The molecule has 3 rings (SSSR count). The van der Waals surface area contributed by atoms with E-state index in [1.807, 2.05) is 0 Å². The first-order chi connectivity index (χ1) is 12.0. The number of carbonyl (C=O) groups is 1. The highest BCUT2D eigenvalue weighted by Gasteiger charge is 2.23. The zero-order valence-electron chi connectivity index (χ0n) is 14.1. The van der Waals surface area contributed by atoms with E-state index >= 15 is 0 Å². The highest BCUT2D eigenvalue weighted by atomic mass is 35.5. The van der Waals surface area contributed by atoms with Gasteiger partial charge in [0.25, 0.3) is 5.56 Å². The van der Waals surface area contributed by atoms with Crippen LogP contribution >= 0.6 is 11.6 Å². The van der Waals surface area contributed by atoms with E-state index in [1.54, 1.807) is 43.6 Å². The Bertz CT molecular complexity index is 803. The number of anilines is 2. The highest BCUT2D eigenvalue weighted by Crippen LogP contribution is 2.24. The largest absolute Gasteiger partial charge is 0.370 e. The zero-order chi connectivity index (χ0) is 17.8. The minimum absolute atomic E-state index is 0.00345. The van der Waals surface area contributed by atoms with E-state index in [2.05, 4.69) is 15.3 Å². The van der Waals surface area contributed by atoms with Gasteiger partial charge in [-0.05, 0) is 43.0 Å². The van der Waals surface area contributed by atoms with E-state index in [4.69, 9.17) is 11.6 Å². The molecule has 2 heterocycles. The fourth-order valence-corrected chi connectivity index (χ4v) is 3.23. The second kappa shape index (κ2) is 7.70. The molecule has 1 unspecified atom stereocenters. The van der Waals surface area contributed by atoms with Gasteiger partial charge < -0.3 is 10.2 Å². The average Bonchev–Trinajstić information content (AvgIpc) is 2.59. The molecule has 0 bridgehead atoms. The molecule has 25 heavy (non-hydrogen) atoms. The second-order valence-corrected chi connectivity index (χ2v) is 6.83. The standard InChI is InChI=1S/C18H21ClN4O2/c1-22-18(25)10-16(11-20-22)23-8-2-3-13(12-23)9-17(24)21-15-6-4-14(19)5-7-15/h4-7,10-11,13H,2-3,8-9,12H2,1H3,(H,21,24). The SMILES string of the molecule is Cn1ncc(N2CCCC(CC(=O)Nc3ccc(Cl)cc3)C2)cc1=O. The van der Waals surface area contributed by atoms with Gasteiger partial charge in [0.05, 0.1) is 11.9 Å². The number of hydrogen-bond acceptors (Lipinski definition) is 4. The Hall–Kier alpha value is -2.34. The van der Waals surface area contributed by atoms with Gasteiger partial charge in [-0.15, -0.1) is 0 Å². The number of hydrogen-bond donors (Lipinski definition) is 1. The molecule has 0 saturated carbocycles. The monoisotopic (exact) mass is 360 g/mol. The van der Waals surface area contributed by atoms with E-state index in [0.717, 1.165) is 37.3 Å². The molecule has 0 aliphatic carbocycles. The molecule has 1 N–H and O–H groups in total. The van der Waals surface area contributed by atoms with Crippen LogP contribution in [0.5, 0.6) is 0 Å². The van der Waals surface area contributed by atoms with E-state index in [-0.39, 0.29) is 17.4 Å². The molecule has 2 aromatic rings. The first-order valence-corrected chi connectivity index (χ1v) is 8.73. The molecule has 1 saturated heterocycles. The lowest BCUT2D eigenvalue weighted by Crippen LogP contribution is -2.37. The number of carbonyl (C=O) groups excluding carboxylic acids is 1. The quantitative estimate of drug-likeness (QED) is 0.910. The van der Waals surface area contributed by atoms with E-state index in [1.165, 1.54) is 4.68 Å². The number of aryl methyl sites for hydroxylation is 1. The summed E-state index contributed by atoms with van der Waals surface area (Å²) in [6, 6.07) is 8.69. The Morgan fingerprint density at radius 1 is 1.36 bits per heavy atom. The number of amides is 1. The van der Waals surface area contributed by atoms with Crippen molar-refractivity contribution >= 4 is 28.9 Å². The summed E-state index contributed by atoms with van der Waals surface area (Å²) in [5.41, 5.74) is 1.45. The molecule has 1 amide bonds. The summed E-state index contributed by atoms with van der Waals surface area (Å²) in [6.07, 6.45) is 4.16. The Morgan fingerprint density at radius 2 is 2.12 bits per heavy atom. The Kier molecular flexibility index (Phi) is 5.38. The highest BCUT2D eigenvalue weighted by molar-refractivity contribution is 6.30. The fraction of sp³-hybridized carbons (Fsp3) is 0.389. The van der Waals surface area contributed by atoms with E-state index < -0.39 is 0 Å². The maximum absolute atomic E-state index is 12.3. The van der Waals surface area contributed by atoms with Gasteiger partial charge >= 0.3 is 0 Å². The zero-order valence-corrected chi connectivity index (χ0v) is 14.9. The van der Waals surface area contributed by atoms with Gasteiger partial charge in [0.1, 0.15) is 0 Å². The van der Waals surface area contributed by atoms with Gasteiger partial charge in [-0.25, -0.2) is 4.68 Å². The van der Waals surface area contributed by atoms with Crippen molar-refractivity contribution in [1.82, 2.24) is 9.78 Å². The van der Waals surface area contributed by atoms with Crippen LogP contribution in [-0.2, 0) is 11.8 Å². The molecule has 1 aromatic carbocycles. The third-order valence-electron chi connectivity index (χ3n) is 4.44. The van der Waals surface area contributed by atoms with Crippen LogP contribution in [0.15, 0.2) is 41.3 Å². The number of aromatic nitrogens is 2. The smallest absolute Gasteiger partial charge is 0.268 e. The summed E-state index contributed by atoms with van der Waals surface area (Å²) in [4.78, 5) is 26.2. The molecule has 1 atom stereocenters. The maximum Gasteiger partial charge on any atom is 0.268 e. The molecular weight excluding hydrogens is 340 g/mol. The molecule has 1 fully saturated rings. The average molecular weight is 361 g/mol. The molecule has 1 aromatic heterocycles. The molecule has 0 spiro atoms. The van der Waals surface area contributed by atoms with Crippen molar-refractivity contribution in [2.24, 2.45) is 13.0 Å². The van der Waals surface area contributed by atoms with Gasteiger partial charge in [-0.1, -0.05) is 11.6 Å². The third-order valence-corrected chi connectivity index (χ3v) is 4.69. The molecule has 132 valence electrons. The van der Waals surface area contributed by atoms with Crippen LogP contribution < -0.4 is 15.8 Å². The summed E-state index contributed by atoms with van der Waals surface area (Å²) in [7, 11) is 1.63. The minimum Gasteiger partial charge on any atom is -0.370 e. The molecular formula is C18H21ClN4O2. The van der Waals surface area contributed by atoms with Crippen LogP contribution in [0.1, 0.15) is 19.3 Å². The van der Waals surface area contributed by atoms with Crippen LogP contribution in [0.4, 0.5) is 11.4 Å². The number of rotatable bonds is 4. The number of halogens is 1. The number of benzene rings is 1. The lowest BCUT2D eigenvalue weighted by Gasteiger charge is -2.33. The summed E-state index contributed by atoms with van der Waals surface area (Å²) in [6.45, 7) is 1.63. The topological polar surface area (TPSA) is 67.2 Å². The Balaban J connectivity index is 1.59. The van der Waals surface area contributed by atoms with E-state index in [0.29, 0.717) is 11.4 Å². The number of nitrogens with zero attached hydrogens (tertiary/aromatic N) is 3. The first kappa shape index (κ1) is 17.5. The Morgan fingerprint density at radius 3 is 2.84 bits per heavy atom. The second-order valence-electron chi connectivity index (χ2n) is 6.39. The van der Waals surface area contributed by atoms with Crippen molar-refractivity contribution in [3.8, 4) is 0 Å². The van der Waals surface area contributed by atoms with Gasteiger partial charge in [0, 0.05) is 43.3 Å². The molecule has 1 aliphatic rings. The predicted octanol–water partition coefficient (Wildman–Crippen LogP) is 2.68. The third kappa shape index (κ3) is 4.60. The lowest BCUT2D eigenvalue weighted by molar-refractivity contribution is -0.117. The summed E-state index contributed by atoms with van der Waals surface area (Å²) >= 11 is 5.85. The van der Waals surface area contributed by atoms with Crippen LogP contribution in [0.3, 0.4) is 0 Å².